The highest BCUT2D eigenvalue weighted by atomic mass is 16.2. The van der Waals surface area contributed by atoms with Gasteiger partial charge in [-0.25, -0.2) is 0 Å². The van der Waals surface area contributed by atoms with Gasteiger partial charge in [-0.05, 0) is 43.9 Å². The topological polar surface area (TPSA) is 52.7 Å². The molecule has 5 nitrogen and oxygen atoms in total. The Balaban J connectivity index is 1.61. The minimum atomic E-state index is -0.103. The van der Waals surface area contributed by atoms with E-state index in [1.807, 2.05) is 30.1 Å². The SMILES string of the molecule is CC(=O)N1CC[C@@H](CN(C)[C@@H]2CCc3ccccc3NC2=O)C1. The Morgan fingerprint density at radius 2 is 2.13 bits per heavy atom. The fourth-order valence-electron chi connectivity index (χ4n) is 3.72. The highest BCUT2D eigenvalue weighted by Gasteiger charge is 2.31. The van der Waals surface area contributed by atoms with E-state index in [9.17, 15) is 9.59 Å². The van der Waals surface area contributed by atoms with Crippen molar-refractivity contribution >= 4 is 17.5 Å². The molecule has 0 aliphatic carbocycles. The molecule has 1 aromatic rings. The first-order chi connectivity index (χ1) is 11.0. The fourth-order valence-corrected chi connectivity index (χ4v) is 3.72. The van der Waals surface area contributed by atoms with Crippen LogP contribution in [-0.2, 0) is 16.0 Å². The molecule has 3 rings (SSSR count). The van der Waals surface area contributed by atoms with Gasteiger partial charge in [-0.2, -0.15) is 0 Å². The molecule has 0 spiro atoms. The second-order valence-electron chi connectivity index (χ2n) is 6.76. The summed E-state index contributed by atoms with van der Waals surface area (Å²) in [4.78, 5) is 28.1. The molecule has 0 radical (unpaired) electrons. The number of amides is 2. The van der Waals surface area contributed by atoms with Crippen molar-refractivity contribution in [2.24, 2.45) is 5.92 Å². The molecule has 2 atom stereocenters. The standard InChI is InChI=1S/C18H25N3O2/c1-13(22)21-10-9-14(12-21)11-20(2)17-8-7-15-5-3-4-6-16(15)19-18(17)23/h3-6,14,17H,7-12H2,1-2H3,(H,19,23)/t14-,17+/m0/s1. The van der Waals surface area contributed by atoms with Crippen LogP contribution in [0.5, 0.6) is 0 Å². The zero-order chi connectivity index (χ0) is 16.4. The molecular weight excluding hydrogens is 290 g/mol. The molecule has 0 aromatic heterocycles. The quantitative estimate of drug-likeness (QED) is 0.924. The number of para-hydroxylation sites is 1. The molecule has 1 N–H and O–H groups in total. The molecule has 1 aromatic carbocycles. The molecule has 0 unspecified atom stereocenters. The average molecular weight is 315 g/mol. The lowest BCUT2D eigenvalue weighted by Crippen LogP contribution is -2.43. The molecule has 1 saturated heterocycles. The van der Waals surface area contributed by atoms with Gasteiger partial charge in [0.1, 0.15) is 0 Å². The smallest absolute Gasteiger partial charge is 0.241 e. The van der Waals surface area contributed by atoms with Crippen LogP contribution in [0.1, 0.15) is 25.3 Å². The number of nitrogens with zero attached hydrogens (tertiary/aromatic N) is 2. The maximum absolute atomic E-state index is 12.5. The van der Waals surface area contributed by atoms with Crippen LogP contribution < -0.4 is 5.32 Å². The molecule has 0 bridgehead atoms. The van der Waals surface area contributed by atoms with E-state index in [1.165, 1.54) is 5.56 Å². The molecule has 2 aliphatic rings. The summed E-state index contributed by atoms with van der Waals surface area (Å²) in [6, 6.07) is 7.92. The van der Waals surface area contributed by atoms with Crippen LogP contribution in [0.3, 0.4) is 0 Å². The van der Waals surface area contributed by atoms with Crippen molar-refractivity contribution in [3.05, 3.63) is 29.8 Å². The van der Waals surface area contributed by atoms with Crippen molar-refractivity contribution in [1.82, 2.24) is 9.80 Å². The van der Waals surface area contributed by atoms with E-state index in [2.05, 4.69) is 16.3 Å². The Kier molecular flexibility index (Phi) is 4.66. The summed E-state index contributed by atoms with van der Waals surface area (Å²) >= 11 is 0. The summed E-state index contributed by atoms with van der Waals surface area (Å²) in [6.07, 6.45) is 2.77. The first-order valence-electron chi connectivity index (χ1n) is 8.39. The van der Waals surface area contributed by atoms with E-state index in [-0.39, 0.29) is 17.9 Å². The third kappa shape index (κ3) is 3.55. The minimum Gasteiger partial charge on any atom is -0.343 e. The number of carbonyl (C=O) groups excluding carboxylic acids is 2. The molecule has 124 valence electrons. The van der Waals surface area contributed by atoms with E-state index < -0.39 is 0 Å². The second kappa shape index (κ2) is 6.71. The molecule has 2 aliphatic heterocycles. The van der Waals surface area contributed by atoms with Crippen molar-refractivity contribution in [3.8, 4) is 0 Å². The number of likely N-dealkylation sites (N-methyl/N-ethyl adjacent to an activating group) is 1. The number of likely N-dealkylation sites (tertiary alicyclic amines) is 1. The Bertz CT molecular complexity index is 602. The molecule has 0 saturated carbocycles. The lowest BCUT2D eigenvalue weighted by molar-refractivity contribution is -0.128. The number of fused-ring (bicyclic) bond motifs is 1. The third-order valence-corrected chi connectivity index (χ3v) is 5.07. The van der Waals surface area contributed by atoms with E-state index in [4.69, 9.17) is 0 Å². The lowest BCUT2D eigenvalue weighted by atomic mass is 10.0. The van der Waals surface area contributed by atoms with E-state index in [0.717, 1.165) is 44.6 Å². The summed E-state index contributed by atoms with van der Waals surface area (Å²) in [7, 11) is 2.02. The van der Waals surface area contributed by atoms with Crippen molar-refractivity contribution in [1.29, 1.82) is 0 Å². The highest BCUT2D eigenvalue weighted by molar-refractivity contribution is 5.96. The number of aryl methyl sites for hydroxylation is 1. The van der Waals surface area contributed by atoms with Crippen LogP contribution in [0.25, 0.3) is 0 Å². The number of benzene rings is 1. The van der Waals surface area contributed by atoms with Gasteiger partial charge in [0.05, 0.1) is 6.04 Å². The number of nitrogens with one attached hydrogen (secondary N) is 1. The molecule has 1 fully saturated rings. The molecular formula is C18H25N3O2. The van der Waals surface area contributed by atoms with Crippen LogP contribution in [0.15, 0.2) is 24.3 Å². The number of carbonyl (C=O) groups is 2. The number of rotatable bonds is 3. The van der Waals surface area contributed by atoms with Crippen LogP contribution in [0.2, 0.25) is 0 Å². The normalized spacial score (nSPS) is 24.3. The first-order valence-corrected chi connectivity index (χ1v) is 8.39. The molecule has 2 amide bonds. The predicted molar refractivity (Wildman–Crippen MR) is 90.2 cm³/mol. The van der Waals surface area contributed by atoms with Crippen molar-refractivity contribution in [2.75, 3.05) is 32.0 Å². The molecule has 5 heteroatoms. The number of hydrogen-bond donors (Lipinski definition) is 1. The lowest BCUT2D eigenvalue weighted by Gasteiger charge is -2.28. The monoisotopic (exact) mass is 315 g/mol. The van der Waals surface area contributed by atoms with Crippen LogP contribution in [-0.4, -0.2) is 54.3 Å². The van der Waals surface area contributed by atoms with Gasteiger partial charge in [-0.1, -0.05) is 18.2 Å². The van der Waals surface area contributed by atoms with E-state index in [0.29, 0.717) is 5.92 Å². The third-order valence-electron chi connectivity index (χ3n) is 5.07. The zero-order valence-corrected chi connectivity index (χ0v) is 13.9. The summed E-state index contributed by atoms with van der Waals surface area (Å²) in [5, 5.41) is 3.06. The second-order valence-corrected chi connectivity index (χ2v) is 6.76. The van der Waals surface area contributed by atoms with Crippen LogP contribution in [0.4, 0.5) is 5.69 Å². The Morgan fingerprint density at radius 1 is 1.35 bits per heavy atom. The molecule has 2 heterocycles. The maximum Gasteiger partial charge on any atom is 0.241 e. The highest BCUT2D eigenvalue weighted by Crippen LogP contribution is 2.25. The zero-order valence-electron chi connectivity index (χ0n) is 13.9. The van der Waals surface area contributed by atoms with Gasteiger partial charge in [0, 0.05) is 32.2 Å². The van der Waals surface area contributed by atoms with Crippen molar-refractivity contribution in [3.63, 3.8) is 0 Å². The fraction of sp³-hybridized carbons (Fsp3) is 0.556. The van der Waals surface area contributed by atoms with Gasteiger partial charge >= 0.3 is 0 Å². The molecule has 23 heavy (non-hydrogen) atoms. The van der Waals surface area contributed by atoms with E-state index >= 15 is 0 Å². The van der Waals surface area contributed by atoms with Gasteiger partial charge in [0.2, 0.25) is 11.8 Å². The Labute approximate surface area is 137 Å². The predicted octanol–water partition coefficient (Wildman–Crippen LogP) is 1.74. The average Bonchev–Trinajstić information content (AvgIpc) is 2.90. The van der Waals surface area contributed by atoms with Gasteiger partial charge < -0.3 is 10.2 Å². The Hall–Kier alpha value is -1.88. The first kappa shape index (κ1) is 16.0. The minimum absolute atomic E-state index is 0.0823. The van der Waals surface area contributed by atoms with Gasteiger partial charge in [0.15, 0.2) is 0 Å². The summed E-state index contributed by atoms with van der Waals surface area (Å²) in [5.74, 6) is 0.694. The Morgan fingerprint density at radius 3 is 2.87 bits per heavy atom. The largest absolute Gasteiger partial charge is 0.343 e. The summed E-state index contributed by atoms with van der Waals surface area (Å²) < 4.78 is 0. The number of hydrogen-bond acceptors (Lipinski definition) is 3. The van der Waals surface area contributed by atoms with Crippen molar-refractivity contribution < 1.29 is 9.59 Å². The van der Waals surface area contributed by atoms with Gasteiger partial charge in [-0.15, -0.1) is 0 Å². The summed E-state index contributed by atoms with van der Waals surface area (Å²) in [5.41, 5.74) is 2.15. The van der Waals surface area contributed by atoms with Crippen LogP contribution >= 0.6 is 0 Å². The van der Waals surface area contributed by atoms with Crippen molar-refractivity contribution in [2.45, 2.75) is 32.2 Å². The maximum atomic E-state index is 12.5. The van der Waals surface area contributed by atoms with Crippen LogP contribution in [0, 0.1) is 5.92 Å². The van der Waals surface area contributed by atoms with E-state index in [1.54, 1.807) is 6.92 Å². The van der Waals surface area contributed by atoms with Gasteiger partial charge in [-0.3, -0.25) is 14.5 Å². The van der Waals surface area contributed by atoms with Gasteiger partial charge in [0.25, 0.3) is 0 Å². The number of anilines is 1. The summed E-state index contributed by atoms with van der Waals surface area (Å²) in [6.45, 7) is 4.14.